The number of aliphatic imine (C=N–C) groups is 1. The molecule has 1 aromatic rings. The Morgan fingerprint density at radius 3 is 2.94 bits per heavy atom. The summed E-state index contributed by atoms with van der Waals surface area (Å²) in [5.41, 5.74) is 4.33. The fraction of sp³-hybridized carbons (Fsp3) is 0.455. The van der Waals surface area contributed by atoms with Crippen LogP contribution in [0.25, 0.3) is 0 Å². The number of hydrazine groups is 1. The zero-order chi connectivity index (χ0) is 12.5. The smallest absolute Gasteiger partial charge is 0.210 e. The molecule has 0 bridgehead atoms. The number of ether oxygens (including phenoxy) is 1. The minimum Gasteiger partial charge on any atom is -0.385 e. The number of nitrogens with zero attached hydrogens (tertiary/aromatic N) is 2. The molecule has 0 aliphatic heterocycles. The van der Waals surface area contributed by atoms with Crippen molar-refractivity contribution in [3.05, 3.63) is 24.0 Å². The first kappa shape index (κ1) is 13.4. The van der Waals surface area contributed by atoms with Gasteiger partial charge in [-0.15, -0.1) is 0 Å². The van der Waals surface area contributed by atoms with Crippen molar-refractivity contribution in [2.24, 2.45) is 10.8 Å². The number of rotatable bonds is 5. The van der Waals surface area contributed by atoms with Crippen molar-refractivity contribution in [2.45, 2.75) is 13.3 Å². The summed E-state index contributed by atoms with van der Waals surface area (Å²) < 4.78 is 4.94. The van der Waals surface area contributed by atoms with E-state index in [4.69, 9.17) is 10.6 Å². The molecule has 0 aliphatic carbocycles. The van der Waals surface area contributed by atoms with E-state index in [-0.39, 0.29) is 0 Å². The molecule has 94 valence electrons. The normalized spacial score (nSPS) is 11.4. The summed E-state index contributed by atoms with van der Waals surface area (Å²) in [6.45, 7) is 3.28. The molecule has 17 heavy (non-hydrogen) atoms. The van der Waals surface area contributed by atoms with Gasteiger partial charge in [0.2, 0.25) is 5.96 Å². The largest absolute Gasteiger partial charge is 0.385 e. The van der Waals surface area contributed by atoms with Crippen LogP contribution in [0.4, 0.5) is 5.69 Å². The monoisotopic (exact) mass is 237 g/mol. The number of guanidine groups is 1. The Kier molecular flexibility index (Phi) is 5.98. The average Bonchev–Trinajstić information content (AvgIpc) is 2.35. The maximum atomic E-state index is 5.37. The highest BCUT2D eigenvalue weighted by Crippen LogP contribution is 2.04. The molecule has 0 saturated carbocycles. The molecule has 0 atom stereocenters. The van der Waals surface area contributed by atoms with Crippen molar-refractivity contribution in [2.75, 3.05) is 25.6 Å². The van der Waals surface area contributed by atoms with Gasteiger partial charge in [-0.25, -0.2) is 5.84 Å². The minimum atomic E-state index is 0.520. The number of methoxy groups -OCH3 is 1. The number of nitrogens with one attached hydrogen (secondary N) is 2. The van der Waals surface area contributed by atoms with E-state index in [2.05, 4.69) is 20.7 Å². The standard InChI is InChI=1S/C11H19N5O/c1-9-4-5-10(8-14-9)15-11(16-12)13-6-3-7-17-2/h4-5,8H,3,6-7,12H2,1-2H3,(H2,13,15,16). The molecule has 0 saturated heterocycles. The molecule has 0 fully saturated rings. The van der Waals surface area contributed by atoms with Crippen molar-refractivity contribution in [3.8, 4) is 0 Å². The van der Waals surface area contributed by atoms with Crippen LogP contribution in [0.1, 0.15) is 12.1 Å². The van der Waals surface area contributed by atoms with Crippen LogP contribution < -0.4 is 16.6 Å². The average molecular weight is 237 g/mol. The Labute approximate surface area is 101 Å². The summed E-state index contributed by atoms with van der Waals surface area (Å²) in [6, 6.07) is 3.84. The number of pyridine rings is 1. The summed E-state index contributed by atoms with van der Waals surface area (Å²) in [5.74, 6) is 5.89. The summed E-state index contributed by atoms with van der Waals surface area (Å²) >= 11 is 0. The van der Waals surface area contributed by atoms with Gasteiger partial charge in [0.15, 0.2) is 0 Å². The quantitative estimate of drug-likeness (QED) is 0.230. The van der Waals surface area contributed by atoms with Crippen LogP contribution in [-0.2, 0) is 4.74 Å². The van der Waals surface area contributed by atoms with Gasteiger partial charge in [0.1, 0.15) is 0 Å². The molecule has 6 nitrogen and oxygen atoms in total. The van der Waals surface area contributed by atoms with E-state index in [9.17, 15) is 0 Å². The van der Waals surface area contributed by atoms with Gasteiger partial charge in [-0.1, -0.05) is 0 Å². The lowest BCUT2D eigenvalue weighted by atomic mass is 10.3. The second kappa shape index (κ2) is 7.59. The molecule has 0 radical (unpaired) electrons. The van der Waals surface area contributed by atoms with Gasteiger partial charge < -0.3 is 10.1 Å². The van der Waals surface area contributed by atoms with Gasteiger partial charge in [0.05, 0.1) is 11.9 Å². The second-order valence-electron chi connectivity index (χ2n) is 3.53. The van der Waals surface area contributed by atoms with Gasteiger partial charge in [0, 0.05) is 26.0 Å². The molecule has 1 aromatic heterocycles. The number of hydrogen-bond acceptors (Lipinski definition) is 4. The van der Waals surface area contributed by atoms with E-state index in [0.29, 0.717) is 19.1 Å². The van der Waals surface area contributed by atoms with Crippen LogP contribution in [0, 0.1) is 6.92 Å². The number of hydrogen-bond donors (Lipinski definition) is 3. The first-order valence-electron chi connectivity index (χ1n) is 5.46. The summed E-state index contributed by atoms with van der Waals surface area (Å²) in [5, 5.41) is 3.04. The van der Waals surface area contributed by atoms with Gasteiger partial charge in [0.25, 0.3) is 0 Å². The highest BCUT2D eigenvalue weighted by Gasteiger charge is 1.97. The number of anilines is 1. The predicted octanol–water partition coefficient (Wildman–Crippen LogP) is 0.658. The van der Waals surface area contributed by atoms with E-state index in [1.165, 1.54) is 0 Å². The lowest BCUT2D eigenvalue weighted by molar-refractivity contribution is 0.197. The maximum Gasteiger partial charge on any atom is 0.210 e. The van der Waals surface area contributed by atoms with E-state index >= 15 is 0 Å². The predicted molar refractivity (Wildman–Crippen MR) is 68.7 cm³/mol. The number of nitrogens with two attached hydrogens (primary N) is 1. The van der Waals surface area contributed by atoms with Crippen LogP contribution in [0.15, 0.2) is 23.3 Å². The van der Waals surface area contributed by atoms with Crippen molar-refractivity contribution in [1.82, 2.24) is 10.4 Å². The topological polar surface area (TPSA) is 84.6 Å². The van der Waals surface area contributed by atoms with Gasteiger partial charge >= 0.3 is 0 Å². The van der Waals surface area contributed by atoms with E-state index in [1.54, 1.807) is 13.3 Å². The van der Waals surface area contributed by atoms with Gasteiger partial charge in [-0.05, 0) is 25.5 Å². The Hall–Kier alpha value is -1.66. The highest BCUT2D eigenvalue weighted by molar-refractivity contribution is 5.92. The fourth-order valence-corrected chi connectivity index (χ4v) is 1.20. The molecule has 6 heteroatoms. The van der Waals surface area contributed by atoms with Crippen LogP contribution in [0.3, 0.4) is 0 Å². The number of aromatic nitrogens is 1. The van der Waals surface area contributed by atoms with E-state index in [0.717, 1.165) is 17.8 Å². The van der Waals surface area contributed by atoms with Crippen LogP contribution >= 0.6 is 0 Å². The second-order valence-corrected chi connectivity index (χ2v) is 3.53. The molecular formula is C11H19N5O. The Morgan fingerprint density at radius 2 is 2.35 bits per heavy atom. The Bertz CT molecular complexity index is 349. The van der Waals surface area contributed by atoms with E-state index < -0.39 is 0 Å². The lowest BCUT2D eigenvalue weighted by Crippen LogP contribution is -2.36. The molecule has 0 aromatic carbocycles. The first-order chi connectivity index (χ1) is 8.26. The van der Waals surface area contributed by atoms with Crippen molar-refractivity contribution < 1.29 is 4.74 Å². The lowest BCUT2D eigenvalue weighted by Gasteiger charge is -2.08. The van der Waals surface area contributed by atoms with Crippen LogP contribution in [-0.4, -0.2) is 31.2 Å². The van der Waals surface area contributed by atoms with Crippen LogP contribution in [0.5, 0.6) is 0 Å². The third-order valence-corrected chi connectivity index (χ3v) is 2.09. The minimum absolute atomic E-state index is 0.520. The molecule has 0 amide bonds. The van der Waals surface area contributed by atoms with Crippen molar-refractivity contribution >= 4 is 11.6 Å². The molecule has 1 rings (SSSR count). The first-order valence-corrected chi connectivity index (χ1v) is 5.46. The molecule has 0 aliphatic rings. The molecular weight excluding hydrogens is 218 g/mol. The maximum absolute atomic E-state index is 5.37. The van der Waals surface area contributed by atoms with Crippen molar-refractivity contribution in [3.63, 3.8) is 0 Å². The van der Waals surface area contributed by atoms with Gasteiger partial charge in [-0.2, -0.15) is 0 Å². The molecule has 0 spiro atoms. The van der Waals surface area contributed by atoms with Crippen molar-refractivity contribution in [1.29, 1.82) is 0 Å². The van der Waals surface area contributed by atoms with E-state index in [1.807, 2.05) is 19.1 Å². The number of aryl methyl sites for hydroxylation is 1. The summed E-state index contributed by atoms with van der Waals surface area (Å²) in [7, 11) is 1.67. The highest BCUT2D eigenvalue weighted by atomic mass is 16.5. The van der Waals surface area contributed by atoms with Crippen LogP contribution in [0.2, 0.25) is 0 Å². The summed E-state index contributed by atoms with van der Waals surface area (Å²) in [6.07, 6.45) is 2.59. The summed E-state index contributed by atoms with van der Waals surface area (Å²) in [4.78, 5) is 8.43. The van der Waals surface area contributed by atoms with Gasteiger partial charge in [-0.3, -0.25) is 15.4 Å². The Morgan fingerprint density at radius 1 is 1.53 bits per heavy atom. The Balaban J connectivity index is 2.48. The third-order valence-electron chi connectivity index (χ3n) is 2.09. The molecule has 4 N–H and O–H groups in total. The third kappa shape index (κ3) is 5.28. The molecule has 0 unspecified atom stereocenters. The zero-order valence-electron chi connectivity index (χ0n) is 10.2. The zero-order valence-corrected chi connectivity index (χ0v) is 10.2. The SMILES string of the molecule is COCCCN=C(NN)Nc1ccc(C)nc1. The molecule has 1 heterocycles. The fourth-order valence-electron chi connectivity index (χ4n) is 1.20.